The first-order chi connectivity index (χ1) is 36.0. The second-order valence-electron chi connectivity index (χ2n) is 18.2. The van der Waals surface area contributed by atoms with Gasteiger partial charge in [0.05, 0.1) is 22.3 Å². The Bertz CT molecular complexity index is 3740. The van der Waals surface area contributed by atoms with Crippen LogP contribution in [0.3, 0.4) is 0 Å². The predicted molar refractivity (Wildman–Crippen MR) is 280 cm³/mol. The van der Waals surface area contributed by atoms with Gasteiger partial charge in [0.25, 0.3) is 0 Å². The molecule has 0 aliphatic carbocycles. The number of hydrogen-bond donors (Lipinski definition) is 1. The van der Waals surface area contributed by atoms with Crippen LogP contribution in [0.25, 0.3) is 95.0 Å². The summed E-state index contributed by atoms with van der Waals surface area (Å²) in [6.45, 7) is -2.47. The minimum atomic E-state index is -3.49. The molecule has 4 nitrogen and oxygen atoms in total. The first-order valence-corrected chi connectivity index (χ1v) is 22.4. The molecule has 0 aliphatic rings. The Labute approximate surface area is 428 Å². The van der Waals surface area contributed by atoms with Gasteiger partial charge in [0, 0.05) is 56.4 Å². The third kappa shape index (κ3) is 9.02. The fourth-order valence-electron chi connectivity index (χ4n) is 8.97. The Morgan fingerprint density at radius 2 is 1.13 bits per heavy atom. The molecule has 2 aromatic heterocycles. The molecule has 68 heavy (non-hydrogen) atoms. The number of phenolic OH excluding ortho intramolecular Hbond substituents is 1. The van der Waals surface area contributed by atoms with Crippen molar-refractivity contribution in [1.82, 2.24) is 14.5 Å². The minimum absolute atomic E-state index is 0. The summed E-state index contributed by atoms with van der Waals surface area (Å²) < 4.78 is 79.4. The van der Waals surface area contributed by atoms with Gasteiger partial charge in [0.15, 0.2) is 0 Å². The summed E-state index contributed by atoms with van der Waals surface area (Å²) >= 11 is 0. The largest absolute Gasteiger partial charge is 0.507 e. The molecule has 10 aromatic rings. The van der Waals surface area contributed by atoms with Gasteiger partial charge in [-0.05, 0) is 92.6 Å². The molecule has 338 valence electrons. The number of para-hydroxylation sites is 1. The molecule has 0 fully saturated rings. The first kappa shape index (κ1) is 36.0. The van der Waals surface area contributed by atoms with E-state index in [1.54, 1.807) is 36.5 Å². The maximum atomic E-state index is 12.4. The van der Waals surface area contributed by atoms with Gasteiger partial charge in [0.2, 0.25) is 0 Å². The number of hydrogen-bond acceptors (Lipinski definition) is 3. The van der Waals surface area contributed by atoms with Gasteiger partial charge in [-0.25, -0.2) is 4.98 Å². The van der Waals surface area contributed by atoms with Crippen molar-refractivity contribution in [2.24, 2.45) is 0 Å². The molecule has 8 aromatic carbocycles. The second-order valence-corrected chi connectivity index (χ2v) is 18.2. The normalized spacial score (nSPS) is 14.2. The number of aromatic nitrogens is 3. The number of phenols is 1. The third-order valence-electron chi connectivity index (χ3n) is 12.4. The topological polar surface area (TPSA) is 50.9 Å². The maximum Gasteiger partial charge on any atom is 0.148 e. The molecule has 0 unspecified atom stereocenters. The van der Waals surface area contributed by atoms with Crippen molar-refractivity contribution in [1.29, 1.82) is 0 Å². The number of benzene rings is 8. The molecule has 0 aliphatic heterocycles. The average molecular weight is 1070 g/mol. The van der Waals surface area contributed by atoms with Crippen LogP contribution in [0.15, 0.2) is 194 Å². The van der Waals surface area contributed by atoms with Crippen molar-refractivity contribution in [2.45, 2.75) is 59.1 Å². The van der Waals surface area contributed by atoms with Crippen molar-refractivity contribution in [2.75, 3.05) is 0 Å². The predicted octanol–water partition coefficient (Wildman–Crippen LogP) is 16.5. The Morgan fingerprint density at radius 3 is 1.78 bits per heavy atom. The molecule has 0 amide bonds. The monoisotopic (exact) mass is 1070 g/mol. The molecular formula is C63H54N3OPt-. The van der Waals surface area contributed by atoms with Gasteiger partial charge in [-0.1, -0.05) is 204 Å². The van der Waals surface area contributed by atoms with Crippen LogP contribution in [0.5, 0.6) is 5.75 Å². The van der Waals surface area contributed by atoms with E-state index >= 15 is 0 Å². The number of aromatic hydroxyl groups is 1. The fraction of sp³-hybridized carbons (Fsp3) is 0.143. The summed E-state index contributed by atoms with van der Waals surface area (Å²) in [5, 5.41) is 12.4. The zero-order valence-corrected chi connectivity index (χ0v) is 40.4. The Hall–Kier alpha value is -7.13. The number of rotatable bonds is 8. The molecule has 1 N–H and O–H groups in total. The van der Waals surface area contributed by atoms with Gasteiger partial charge in [0.1, 0.15) is 11.6 Å². The zero-order chi connectivity index (χ0) is 54.0. The van der Waals surface area contributed by atoms with Gasteiger partial charge >= 0.3 is 0 Å². The zero-order valence-electron chi connectivity index (χ0n) is 47.1. The number of fused-ring (bicyclic) bond motifs is 1. The van der Waals surface area contributed by atoms with Crippen molar-refractivity contribution >= 4 is 11.0 Å². The molecule has 2 heterocycles. The Balaban J connectivity index is 0.00000722. The van der Waals surface area contributed by atoms with Crippen LogP contribution >= 0.6 is 0 Å². The van der Waals surface area contributed by atoms with E-state index in [0.29, 0.717) is 61.6 Å². The number of pyridine rings is 1. The molecule has 0 atom stereocenters. The Morgan fingerprint density at radius 1 is 0.529 bits per heavy atom. The quantitative estimate of drug-likeness (QED) is 0.154. The van der Waals surface area contributed by atoms with E-state index < -0.39 is 36.9 Å². The van der Waals surface area contributed by atoms with Crippen LogP contribution in [0.4, 0.5) is 0 Å². The molecule has 10 rings (SSSR count). The molecular weight excluding hydrogens is 1010 g/mol. The van der Waals surface area contributed by atoms with E-state index in [1.165, 1.54) is 12.1 Å². The van der Waals surface area contributed by atoms with Crippen molar-refractivity contribution in [3.05, 3.63) is 217 Å². The van der Waals surface area contributed by atoms with Crippen LogP contribution in [0.2, 0.25) is 0 Å². The van der Waals surface area contributed by atoms with Crippen LogP contribution in [0, 0.1) is 13.0 Å². The minimum Gasteiger partial charge on any atom is -0.507 e. The summed E-state index contributed by atoms with van der Waals surface area (Å²) in [6, 6.07) is 63.6. The second kappa shape index (κ2) is 18.5. The standard InChI is InChI=1S/C63H54N3O.Pt/c1-41-34-54(60(67)55(35-41)63(5,6)7)61-65-59-52(24-17-25-58(59)66(61)57-31-30-51(62(2,3)4)40-53(57)46-22-15-10-16-23-46)49-36-48(43-20-13-9-14-21-43)37-50(38-49)56-39-47(32-33-64-56)45-28-26-44(27-29-45)42-18-11-8-12-19-42;/h8-37,39-40,67H,1-7H3;/q-1;/i2D3,3D3,4D3;. The number of nitrogens with zero attached hydrogens (tertiary/aromatic N) is 3. The molecule has 5 heteroatoms. The van der Waals surface area contributed by atoms with E-state index in [0.717, 1.165) is 44.5 Å². The molecule has 0 spiro atoms. The average Bonchev–Trinajstić information content (AvgIpc) is 3.79. The fourth-order valence-corrected chi connectivity index (χ4v) is 8.97. The van der Waals surface area contributed by atoms with Gasteiger partial charge in [-0.3, -0.25) is 9.55 Å². The third-order valence-corrected chi connectivity index (χ3v) is 12.4. The van der Waals surface area contributed by atoms with Crippen LogP contribution in [0.1, 0.15) is 70.4 Å². The molecule has 0 radical (unpaired) electrons. The Kier molecular flexibility index (Phi) is 9.79. The number of imidazole rings is 1. The van der Waals surface area contributed by atoms with Crippen LogP contribution in [-0.4, -0.2) is 19.6 Å². The molecule has 0 bridgehead atoms. The van der Waals surface area contributed by atoms with E-state index in [-0.39, 0.29) is 26.8 Å². The first-order valence-electron chi connectivity index (χ1n) is 26.9. The van der Waals surface area contributed by atoms with Crippen LogP contribution < -0.4 is 0 Å². The van der Waals surface area contributed by atoms with Gasteiger partial charge < -0.3 is 5.11 Å². The van der Waals surface area contributed by atoms with E-state index in [1.807, 2.05) is 111 Å². The molecule has 0 saturated heterocycles. The maximum absolute atomic E-state index is 12.4. The van der Waals surface area contributed by atoms with Gasteiger partial charge in [-0.15, -0.1) is 23.8 Å². The molecule has 0 saturated carbocycles. The van der Waals surface area contributed by atoms with Crippen molar-refractivity contribution in [3.8, 4) is 89.7 Å². The van der Waals surface area contributed by atoms with E-state index in [9.17, 15) is 5.11 Å². The summed E-state index contributed by atoms with van der Waals surface area (Å²) in [5.41, 5.74) is 9.27. The van der Waals surface area contributed by atoms with Crippen molar-refractivity contribution < 1.29 is 38.5 Å². The van der Waals surface area contributed by atoms with E-state index in [2.05, 4.69) is 72.8 Å². The smallest absolute Gasteiger partial charge is 0.148 e. The van der Waals surface area contributed by atoms with Gasteiger partial charge in [-0.2, -0.15) is 0 Å². The number of aryl methyl sites for hydroxylation is 1. The SMILES string of the molecule is [2H]C([2H])([2H])C(c1ccc(-n2c(-c3cc(C)cc(C(C)(C)C)c3O)nc3c(-c4[c-]c(-c5cc(-c6ccc(-c7ccccc7)cc6)ccn5)cc(-c5ccccc5)c4)cccc32)c(-c2ccccc2)c1)(C([2H])([2H])[2H])C([2H])([2H])[2H].[Pt]. The van der Waals surface area contributed by atoms with Crippen molar-refractivity contribution in [3.63, 3.8) is 0 Å². The summed E-state index contributed by atoms with van der Waals surface area (Å²) in [4.78, 5) is 10.4. The van der Waals surface area contributed by atoms with Crippen LogP contribution in [-0.2, 0) is 31.9 Å². The summed E-state index contributed by atoms with van der Waals surface area (Å²) in [6.07, 6.45) is 1.81. The van der Waals surface area contributed by atoms with E-state index in [4.69, 9.17) is 22.3 Å². The summed E-state index contributed by atoms with van der Waals surface area (Å²) in [7, 11) is 0. The summed E-state index contributed by atoms with van der Waals surface area (Å²) in [5.74, 6) is 0.348.